The van der Waals surface area contributed by atoms with E-state index in [0.717, 1.165) is 38.9 Å². The molecule has 3 N–H and O–H groups in total. The van der Waals surface area contributed by atoms with Crippen molar-refractivity contribution >= 4 is 5.91 Å². The van der Waals surface area contributed by atoms with E-state index in [1.807, 2.05) is 0 Å². The molecule has 1 amide bonds. The zero-order valence-corrected chi connectivity index (χ0v) is 9.74. The number of hydrogen-bond acceptors (Lipinski definition) is 3. The maximum absolute atomic E-state index is 11.8. The summed E-state index contributed by atoms with van der Waals surface area (Å²) in [6.45, 7) is 2.80. The van der Waals surface area contributed by atoms with Crippen molar-refractivity contribution in [1.29, 1.82) is 0 Å². The monoisotopic (exact) mass is 226 g/mol. The smallest absolute Gasteiger partial charge is 0.224 e. The van der Waals surface area contributed by atoms with Gasteiger partial charge in [0.1, 0.15) is 0 Å². The molecule has 3 atom stereocenters. The highest BCUT2D eigenvalue weighted by molar-refractivity contribution is 5.79. The topological polar surface area (TPSA) is 61.4 Å². The van der Waals surface area contributed by atoms with Gasteiger partial charge in [-0.15, -0.1) is 0 Å². The number of aliphatic hydroxyl groups is 1. The first-order chi connectivity index (χ1) is 7.81. The Bertz CT molecular complexity index is 239. The van der Waals surface area contributed by atoms with Crippen LogP contribution in [-0.2, 0) is 4.79 Å². The predicted octanol–water partition coefficient (Wildman–Crippen LogP) is 0.121. The molecule has 1 aliphatic heterocycles. The van der Waals surface area contributed by atoms with E-state index in [4.69, 9.17) is 0 Å². The Morgan fingerprint density at radius 3 is 2.81 bits per heavy atom. The van der Waals surface area contributed by atoms with Crippen LogP contribution in [0.3, 0.4) is 0 Å². The summed E-state index contributed by atoms with van der Waals surface area (Å²) in [4.78, 5) is 11.8. The second-order valence-corrected chi connectivity index (χ2v) is 5.07. The molecule has 16 heavy (non-hydrogen) atoms. The number of nitrogens with one attached hydrogen (secondary N) is 2. The second kappa shape index (κ2) is 5.64. The van der Waals surface area contributed by atoms with E-state index in [2.05, 4.69) is 10.6 Å². The average molecular weight is 226 g/mol. The summed E-state index contributed by atoms with van der Waals surface area (Å²) in [6.07, 6.45) is 4.41. The summed E-state index contributed by atoms with van der Waals surface area (Å²) in [5.41, 5.74) is 0. The summed E-state index contributed by atoms with van der Waals surface area (Å²) in [5.74, 6) is 1.24. The van der Waals surface area contributed by atoms with E-state index in [-0.39, 0.29) is 18.4 Å². The van der Waals surface area contributed by atoms with Crippen LogP contribution in [0.25, 0.3) is 0 Å². The Hall–Kier alpha value is -0.610. The quantitative estimate of drug-likeness (QED) is 0.638. The fraction of sp³-hybridized carbons (Fsp3) is 0.917. The molecule has 1 heterocycles. The van der Waals surface area contributed by atoms with E-state index in [1.54, 1.807) is 0 Å². The molecule has 2 fully saturated rings. The van der Waals surface area contributed by atoms with Crippen LogP contribution in [0.15, 0.2) is 0 Å². The molecule has 0 aromatic carbocycles. The van der Waals surface area contributed by atoms with E-state index in [9.17, 15) is 9.90 Å². The lowest BCUT2D eigenvalue weighted by molar-refractivity contribution is -0.124. The van der Waals surface area contributed by atoms with Crippen LogP contribution in [0.2, 0.25) is 0 Å². The highest BCUT2D eigenvalue weighted by atomic mass is 16.3. The molecule has 92 valence electrons. The highest BCUT2D eigenvalue weighted by Gasteiger charge is 2.28. The number of amides is 1. The largest absolute Gasteiger partial charge is 0.396 e. The molecule has 0 aromatic heterocycles. The van der Waals surface area contributed by atoms with Crippen LogP contribution < -0.4 is 10.6 Å². The van der Waals surface area contributed by atoms with Gasteiger partial charge in [-0.2, -0.15) is 0 Å². The lowest BCUT2D eigenvalue weighted by Gasteiger charge is -2.19. The molecule has 1 saturated heterocycles. The molecule has 4 nitrogen and oxygen atoms in total. The van der Waals surface area contributed by atoms with Gasteiger partial charge in [0.2, 0.25) is 5.91 Å². The maximum atomic E-state index is 11.8. The molecule has 3 unspecified atom stereocenters. The van der Waals surface area contributed by atoms with Crippen LogP contribution in [0.4, 0.5) is 0 Å². The normalized spacial score (nSPS) is 34.2. The summed E-state index contributed by atoms with van der Waals surface area (Å²) < 4.78 is 0. The first-order valence-electron chi connectivity index (χ1n) is 6.40. The van der Waals surface area contributed by atoms with E-state index in [1.165, 1.54) is 6.42 Å². The van der Waals surface area contributed by atoms with Crippen molar-refractivity contribution in [1.82, 2.24) is 10.6 Å². The second-order valence-electron chi connectivity index (χ2n) is 5.07. The fourth-order valence-electron chi connectivity index (χ4n) is 2.88. The van der Waals surface area contributed by atoms with Crippen molar-refractivity contribution in [2.75, 3.05) is 26.2 Å². The minimum atomic E-state index is 0.161. The van der Waals surface area contributed by atoms with Gasteiger partial charge in [0, 0.05) is 19.7 Å². The summed E-state index contributed by atoms with van der Waals surface area (Å²) in [6, 6.07) is 0. The van der Waals surface area contributed by atoms with Gasteiger partial charge in [-0.1, -0.05) is 6.42 Å². The fourth-order valence-corrected chi connectivity index (χ4v) is 2.88. The SMILES string of the molecule is O=C(NCC1CCCC1CO)C1CCNC1. The zero-order valence-electron chi connectivity index (χ0n) is 9.74. The summed E-state index contributed by atoms with van der Waals surface area (Å²) >= 11 is 0. The first kappa shape index (κ1) is 11.9. The Balaban J connectivity index is 1.71. The lowest BCUT2D eigenvalue weighted by atomic mass is 9.96. The molecule has 0 spiro atoms. The van der Waals surface area contributed by atoms with Gasteiger partial charge in [-0.05, 0) is 37.6 Å². The van der Waals surface area contributed by atoms with Crippen molar-refractivity contribution in [2.24, 2.45) is 17.8 Å². The molecule has 4 heteroatoms. The molecule has 0 aromatic rings. The van der Waals surface area contributed by atoms with Crippen LogP contribution in [0.5, 0.6) is 0 Å². The van der Waals surface area contributed by atoms with Gasteiger partial charge in [0.25, 0.3) is 0 Å². The van der Waals surface area contributed by atoms with Gasteiger partial charge in [-0.25, -0.2) is 0 Å². The summed E-state index contributed by atoms with van der Waals surface area (Å²) in [5, 5.41) is 15.4. The number of hydrogen-bond donors (Lipinski definition) is 3. The van der Waals surface area contributed by atoms with Gasteiger partial charge in [0.05, 0.1) is 5.92 Å². The minimum Gasteiger partial charge on any atom is -0.396 e. The maximum Gasteiger partial charge on any atom is 0.224 e. The molecule has 2 aliphatic rings. The third-order valence-electron chi connectivity index (χ3n) is 4.02. The number of aliphatic hydroxyl groups excluding tert-OH is 1. The van der Waals surface area contributed by atoms with Crippen molar-refractivity contribution in [3.63, 3.8) is 0 Å². The Morgan fingerprint density at radius 1 is 1.31 bits per heavy atom. The molecular formula is C12H22N2O2. The number of carbonyl (C=O) groups is 1. The van der Waals surface area contributed by atoms with E-state index < -0.39 is 0 Å². The minimum absolute atomic E-state index is 0.161. The lowest BCUT2D eigenvalue weighted by Crippen LogP contribution is -2.36. The third kappa shape index (κ3) is 2.74. The molecule has 0 bridgehead atoms. The van der Waals surface area contributed by atoms with E-state index in [0.29, 0.717) is 11.8 Å². The molecule has 1 saturated carbocycles. The van der Waals surface area contributed by atoms with Crippen LogP contribution in [-0.4, -0.2) is 37.3 Å². The Morgan fingerprint density at radius 2 is 2.12 bits per heavy atom. The van der Waals surface area contributed by atoms with Crippen molar-refractivity contribution in [3.05, 3.63) is 0 Å². The van der Waals surface area contributed by atoms with Crippen LogP contribution in [0.1, 0.15) is 25.7 Å². The van der Waals surface area contributed by atoms with Crippen LogP contribution >= 0.6 is 0 Å². The standard InChI is InChI=1S/C12H22N2O2/c15-8-11-3-1-2-9(11)7-14-12(16)10-4-5-13-6-10/h9-11,13,15H,1-8H2,(H,14,16). The van der Waals surface area contributed by atoms with Crippen molar-refractivity contribution < 1.29 is 9.90 Å². The first-order valence-corrected chi connectivity index (χ1v) is 6.40. The third-order valence-corrected chi connectivity index (χ3v) is 4.02. The molecule has 1 aliphatic carbocycles. The molecule has 2 rings (SSSR count). The Kier molecular flexibility index (Phi) is 4.18. The van der Waals surface area contributed by atoms with Gasteiger partial charge in [0.15, 0.2) is 0 Å². The van der Waals surface area contributed by atoms with Gasteiger partial charge >= 0.3 is 0 Å². The number of carbonyl (C=O) groups excluding carboxylic acids is 1. The van der Waals surface area contributed by atoms with Crippen molar-refractivity contribution in [2.45, 2.75) is 25.7 Å². The summed E-state index contributed by atoms with van der Waals surface area (Å²) in [7, 11) is 0. The number of rotatable bonds is 4. The van der Waals surface area contributed by atoms with E-state index >= 15 is 0 Å². The van der Waals surface area contributed by atoms with Gasteiger partial charge in [-0.3, -0.25) is 4.79 Å². The Labute approximate surface area is 96.8 Å². The average Bonchev–Trinajstić information content (AvgIpc) is 2.96. The zero-order chi connectivity index (χ0) is 11.4. The van der Waals surface area contributed by atoms with Crippen LogP contribution in [0, 0.1) is 17.8 Å². The molecule has 0 radical (unpaired) electrons. The predicted molar refractivity (Wildman–Crippen MR) is 61.9 cm³/mol. The van der Waals surface area contributed by atoms with Crippen molar-refractivity contribution in [3.8, 4) is 0 Å². The highest BCUT2D eigenvalue weighted by Crippen LogP contribution is 2.30. The molecular weight excluding hydrogens is 204 g/mol. The van der Waals surface area contributed by atoms with Gasteiger partial charge < -0.3 is 15.7 Å².